The Morgan fingerprint density at radius 2 is 2.09 bits per heavy atom. The van der Waals surface area contributed by atoms with Crippen LogP contribution < -0.4 is 10.6 Å². The van der Waals surface area contributed by atoms with E-state index in [1.165, 1.54) is 12.1 Å². The number of carbonyl (C=O) groups is 1. The quantitative estimate of drug-likeness (QED) is 0.621. The van der Waals surface area contributed by atoms with E-state index in [1.807, 2.05) is 0 Å². The number of nitrogens with one attached hydrogen (secondary N) is 2. The number of rotatable bonds is 5. The summed E-state index contributed by atoms with van der Waals surface area (Å²) in [7, 11) is 0. The maximum absolute atomic E-state index is 12.1. The van der Waals surface area contributed by atoms with Gasteiger partial charge in [0.15, 0.2) is 0 Å². The lowest BCUT2D eigenvalue weighted by atomic mass is 10.1. The number of carbonyl (C=O) groups excluding carboxylic acids is 1. The predicted molar refractivity (Wildman–Crippen MR) is 86.7 cm³/mol. The Balaban J connectivity index is 0.00000242. The van der Waals surface area contributed by atoms with Crippen LogP contribution in [0.15, 0.2) is 18.2 Å². The van der Waals surface area contributed by atoms with Crippen molar-refractivity contribution in [3.63, 3.8) is 0 Å². The third-order valence-electron chi connectivity index (χ3n) is 3.67. The van der Waals surface area contributed by atoms with E-state index in [0.717, 1.165) is 32.7 Å². The van der Waals surface area contributed by atoms with E-state index < -0.39 is 4.92 Å². The fourth-order valence-corrected chi connectivity index (χ4v) is 2.42. The molecule has 0 unspecified atom stereocenters. The second kappa shape index (κ2) is 8.67. The SMILES string of the molecule is Cc1c(C(=O)NCCN2CCNCC2)cccc1[N+](=O)[O-].Cl. The van der Waals surface area contributed by atoms with Crippen LogP contribution in [0.5, 0.6) is 0 Å². The summed E-state index contributed by atoms with van der Waals surface area (Å²) in [6.45, 7) is 6.83. The van der Waals surface area contributed by atoms with Gasteiger partial charge in [-0.25, -0.2) is 0 Å². The zero-order chi connectivity index (χ0) is 15.2. The molecule has 22 heavy (non-hydrogen) atoms. The first-order valence-corrected chi connectivity index (χ1v) is 7.05. The molecule has 0 atom stereocenters. The van der Waals surface area contributed by atoms with Gasteiger partial charge in [-0.15, -0.1) is 12.4 Å². The van der Waals surface area contributed by atoms with Crippen LogP contribution in [-0.4, -0.2) is 55.0 Å². The fourth-order valence-electron chi connectivity index (χ4n) is 2.42. The molecule has 1 saturated heterocycles. The number of amides is 1. The average Bonchev–Trinajstić information content (AvgIpc) is 2.48. The Morgan fingerprint density at radius 3 is 2.73 bits per heavy atom. The lowest BCUT2D eigenvalue weighted by Crippen LogP contribution is -2.46. The van der Waals surface area contributed by atoms with E-state index in [0.29, 0.717) is 17.7 Å². The molecule has 0 aromatic heterocycles. The lowest BCUT2D eigenvalue weighted by Gasteiger charge is -2.27. The van der Waals surface area contributed by atoms with Crippen LogP contribution in [0.25, 0.3) is 0 Å². The van der Waals surface area contributed by atoms with Crippen LogP contribution in [0, 0.1) is 17.0 Å². The molecule has 1 heterocycles. The van der Waals surface area contributed by atoms with Gasteiger partial charge in [0.2, 0.25) is 0 Å². The van der Waals surface area contributed by atoms with Crippen LogP contribution in [0.1, 0.15) is 15.9 Å². The highest BCUT2D eigenvalue weighted by atomic mass is 35.5. The Hall–Kier alpha value is -1.70. The minimum Gasteiger partial charge on any atom is -0.351 e. The van der Waals surface area contributed by atoms with Crippen molar-refractivity contribution in [2.45, 2.75) is 6.92 Å². The molecular weight excluding hydrogens is 308 g/mol. The highest BCUT2D eigenvalue weighted by molar-refractivity contribution is 5.96. The predicted octanol–water partition coefficient (Wildman–Crippen LogP) is 0.960. The molecular formula is C14H21ClN4O3. The molecule has 1 aliphatic rings. The number of nitro groups is 1. The first-order chi connectivity index (χ1) is 10.1. The zero-order valence-corrected chi connectivity index (χ0v) is 13.3. The molecule has 0 bridgehead atoms. The third kappa shape index (κ3) is 4.66. The zero-order valence-electron chi connectivity index (χ0n) is 12.5. The second-order valence-corrected chi connectivity index (χ2v) is 5.05. The summed E-state index contributed by atoms with van der Waals surface area (Å²) in [6, 6.07) is 4.56. The van der Waals surface area contributed by atoms with Crippen LogP contribution in [0.4, 0.5) is 5.69 Å². The minimum absolute atomic E-state index is 0. The summed E-state index contributed by atoms with van der Waals surface area (Å²) in [6.07, 6.45) is 0. The standard InChI is InChI=1S/C14H20N4O3.ClH/c1-11-12(3-2-4-13(11)18(20)21)14(19)16-7-10-17-8-5-15-6-9-17;/h2-4,15H,5-10H2,1H3,(H,16,19);1H. The number of nitrogens with zero attached hydrogens (tertiary/aromatic N) is 2. The largest absolute Gasteiger partial charge is 0.351 e. The maximum Gasteiger partial charge on any atom is 0.273 e. The number of hydrogen-bond donors (Lipinski definition) is 2. The van der Waals surface area contributed by atoms with E-state index in [-0.39, 0.29) is 24.0 Å². The maximum atomic E-state index is 12.1. The van der Waals surface area contributed by atoms with Gasteiger partial charge in [-0.3, -0.25) is 19.8 Å². The number of piperazine rings is 1. The summed E-state index contributed by atoms with van der Waals surface area (Å²) in [5.74, 6) is -0.258. The summed E-state index contributed by atoms with van der Waals surface area (Å²) >= 11 is 0. The molecule has 2 N–H and O–H groups in total. The highest BCUT2D eigenvalue weighted by Crippen LogP contribution is 2.20. The number of halogens is 1. The molecule has 7 nitrogen and oxygen atoms in total. The van der Waals surface area contributed by atoms with Crippen LogP contribution >= 0.6 is 12.4 Å². The highest BCUT2D eigenvalue weighted by Gasteiger charge is 2.18. The Bertz CT molecular complexity index is 533. The van der Waals surface area contributed by atoms with Crippen LogP contribution in [-0.2, 0) is 0 Å². The Morgan fingerprint density at radius 1 is 1.41 bits per heavy atom. The molecule has 1 aliphatic heterocycles. The molecule has 0 spiro atoms. The number of hydrogen-bond acceptors (Lipinski definition) is 5. The molecule has 0 radical (unpaired) electrons. The minimum atomic E-state index is -0.465. The molecule has 1 amide bonds. The molecule has 0 saturated carbocycles. The van der Waals surface area contributed by atoms with E-state index in [9.17, 15) is 14.9 Å². The van der Waals surface area contributed by atoms with E-state index in [2.05, 4.69) is 15.5 Å². The van der Waals surface area contributed by atoms with E-state index in [1.54, 1.807) is 13.0 Å². The molecule has 1 aromatic rings. The third-order valence-corrected chi connectivity index (χ3v) is 3.67. The van der Waals surface area contributed by atoms with Gasteiger partial charge in [0.25, 0.3) is 11.6 Å². The average molecular weight is 329 g/mol. The molecule has 8 heteroatoms. The molecule has 1 fully saturated rings. The molecule has 1 aromatic carbocycles. The van der Waals surface area contributed by atoms with E-state index >= 15 is 0 Å². The van der Waals surface area contributed by atoms with Crippen LogP contribution in [0.3, 0.4) is 0 Å². The van der Waals surface area contributed by atoms with Gasteiger partial charge in [0.1, 0.15) is 0 Å². The monoisotopic (exact) mass is 328 g/mol. The Kier molecular flexibility index (Phi) is 7.23. The topological polar surface area (TPSA) is 87.5 Å². The van der Waals surface area contributed by atoms with E-state index in [4.69, 9.17) is 0 Å². The van der Waals surface area contributed by atoms with Gasteiger partial charge in [-0.05, 0) is 13.0 Å². The molecule has 122 valence electrons. The van der Waals surface area contributed by atoms with Gasteiger partial charge in [-0.2, -0.15) is 0 Å². The van der Waals surface area contributed by atoms with Gasteiger partial charge in [-0.1, -0.05) is 6.07 Å². The van der Waals surface area contributed by atoms with Crippen molar-refractivity contribution in [2.75, 3.05) is 39.3 Å². The molecule has 0 aliphatic carbocycles. The Labute approximate surface area is 135 Å². The van der Waals surface area contributed by atoms with Gasteiger partial charge >= 0.3 is 0 Å². The van der Waals surface area contributed by atoms with Gasteiger partial charge in [0, 0.05) is 56.5 Å². The fraction of sp³-hybridized carbons (Fsp3) is 0.500. The normalized spacial score (nSPS) is 15.0. The van der Waals surface area contributed by atoms with Gasteiger partial charge < -0.3 is 10.6 Å². The number of benzene rings is 1. The first kappa shape index (κ1) is 18.3. The molecule has 2 rings (SSSR count). The van der Waals surface area contributed by atoms with Crippen molar-refractivity contribution in [1.82, 2.24) is 15.5 Å². The van der Waals surface area contributed by atoms with Crippen molar-refractivity contribution in [3.8, 4) is 0 Å². The van der Waals surface area contributed by atoms with Crippen molar-refractivity contribution < 1.29 is 9.72 Å². The second-order valence-electron chi connectivity index (χ2n) is 5.05. The number of nitro benzene ring substituents is 1. The summed E-state index contributed by atoms with van der Waals surface area (Å²) in [4.78, 5) is 24.8. The van der Waals surface area contributed by atoms with Crippen molar-refractivity contribution in [2.24, 2.45) is 0 Å². The van der Waals surface area contributed by atoms with Crippen molar-refractivity contribution in [1.29, 1.82) is 0 Å². The van der Waals surface area contributed by atoms with Crippen LogP contribution in [0.2, 0.25) is 0 Å². The lowest BCUT2D eigenvalue weighted by molar-refractivity contribution is -0.385. The smallest absolute Gasteiger partial charge is 0.273 e. The summed E-state index contributed by atoms with van der Waals surface area (Å²) in [5.41, 5.74) is 0.747. The van der Waals surface area contributed by atoms with Crippen molar-refractivity contribution >= 4 is 24.0 Å². The summed E-state index contributed by atoms with van der Waals surface area (Å²) < 4.78 is 0. The summed E-state index contributed by atoms with van der Waals surface area (Å²) in [5, 5.41) is 17.0. The first-order valence-electron chi connectivity index (χ1n) is 7.05. The van der Waals surface area contributed by atoms with Gasteiger partial charge in [0.05, 0.1) is 4.92 Å². The van der Waals surface area contributed by atoms with Crippen molar-refractivity contribution in [3.05, 3.63) is 39.4 Å².